The average molecular weight is 511 g/mol. The second-order valence-corrected chi connectivity index (χ2v) is 8.65. The fourth-order valence-corrected chi connectivity index (χ4v) is 3.97. The molecule has 0 heterocycles. The zero-order chi connectivity index (χ0) is 26.5. The van der Waals surface area contributed by atoms with Gasteiger partial charge in [0, 0.05) is 12.6 Å². The molecular weight excluding hydrogens is 476 g/mol. The van der Waals surface area contributed by atoms with Crippen molar-refractivity contribution in [3.63, 3.8) is 0 Å². The van der Waals surface area contributed by atoms with E-state index in [1.54, 1.807) is 44.6 Å². The van der Waals surface area contributed by atoms with Crippen LogP contribution in [-0.4, -0.2) is 57.3 Å². The molecule has 3 rings (SSSR count). The van der Waals surface area contributed by atoms with Gasteiger partial charge >= 0.3 is 11.8 Å². The number of methoxy groups -OCH3 is 2. The highest BCUT2D eigenvalue weighted by Gasteiger charge is 2.16. The maximum atomic E-state index is 12.1. The molecule has 0 spiro atoms. The van der Waals surface area contributed by atoms with Gasteiger partial charge in [-0.25, -0.2) is 5.43 Å². The third-order valence-corrected chi connectivity index (χ3v) is 5.95. The van der Waals surface area contributed by atoms with E-state index in [9.17, 15) is 14.4 Å². The number of nitrogens with one attached hydrogen (secondary N) is 3. The fraction of sp³-hybridized carbons (Fsp3) is 0.407. The van der Waals surface area contributed by atoms with Gasteiger partial charge in [0.1, 0.15) is 5.75 Å². The molecule has 1 fully saturated rings. The quantitative estimate of drug-likeness (QED) is 0.242. The molecule has 0 atom stereocenters. The van der Waals surface area contributed by atoms with Crippen LogP contribution in [0.15, 0.2) is 47.6 Å². The van der Waals surface area contributed by atoms with E-state index in [1.807, 2.05) is 12.1 Å². The Kier molecular flexibility index (Phi) is 10.8. The van der Waals surface area contributed by atoms with Crippen LogP contribution in [0.4, 0.5) is 0 Å². The number of carbonyl (C=O) groups is 3. The lowest BCUT2D eigenvalue weighted by molar-refractivity contribution is -0.139. The molecule has 0 unspecified atom stereocenters. The minimum Gasteiger partial charge on any atom is -0.493 e. The smallest absolute Gasteiger partial charge is 0.329 e. The number of ether oxygens (including phenoxy) is 3. The summed E-state index contributed by atoms with van der Waals surface area (Å²) < 4.78 is 16.0. The molecule has 1 aliphatic rings. The topological polar surface area (TPSA) is 127 Å². The molecule has 0 aliphatic heterocycles. The van der Waals surface area contributed by atoms with E-state index in [1.165, 1.54) is 12.6 Å². The summed E-state index contributed by atoms with van der Waals surface area (Å²) in [6, 6.07) is 12.6. The third-order valence-electron chi connectivity index (χ3n) is 5.95. The van der Waals surface area contributed by atoms with Crippen LogP contribution in [0.2, 0.25) is 0 Å². The van der Waals surface area contributed by atoms with Crippen LogP contribution >= 0.6 is 0 Å². The van der Waals surface area contributed by atoms with Crippen molar-refractivity contribution in [2.24, 2.45) is 5.10 Å². The summed E-state index contributed by atoms with van der Waals surface area (Å²) in [6.07, 6.45) is 7.51. The highest BCUT2D eigenvalue weighted by atomic mass is 16.5. The summed E-state index contributed by atoms with van der Waals surface area (Å²) in [5, 5.41) is 9.38. The number of hydrogen-bond acceptors (Lipinski definition) is 7. The van der Waals surface area contributed by atoms with E-state index >= 15 is 0 Å². The standard InChI is InChI=1S/C27H34N4O6/c1-35-23-13-10-19(16-24(23)36-2)14-15-28-26(33)27(34)31-29-17-20-8-11-22(12-9-20)37-18-25(32)30-21-6-4-3-5-7-21/h8-13,16-17,21H,3-7,14-15,18H2,1-2H3,(H,28,33)(H,30,32)(H,31,34)/b29-17-. The molecule has 3 N–H and O–H groups in total. The lowest BCUT2D eigenvalue weighted by atomic mass is 9.95. The zero-order valence-electron chi connectivity index (χ0n) is 21.2. The van der Waals surface area contributed by atoms with Gasteiger partial charge in [-0.05, 0) is 66.8 Å². The van der Waals surface area contributed by atoms with Crippen LogP contribution in [0.3, 0.4) is 0 Å². The number of hydrogen-bond donors (Lipinski definition) is 3. The van der Waals surface area contributed by atoms with Crippen molar-refractivity contribution in [3.8, 4) is 17.2 Å². The summed E-state index contributed by atoms with van der Waals surface area (Å²) in [6.45, 7) is 0.229. The molecule has 0 saturated heterocycles. The van der Waals surface area contributed by atoms with Crippen molar-refractivity contribution in [2.45, 2.75) is 44.6 Å². The molecular formula is C27H34N4O6. The number of benzene rings is 2. The molecule has 198 valence electrons. The normalized spacial score (nSPS) is 13.6. The Hall–Kier alpha value is -4.08. The summed E-state index contributed by atoms with van der Waals surface area (Å²) in [7, 11) is 3.11. The van der Waals surface area contributed by atoms with Gasteiger partial charge in [0.2, 0.25) is 0 Å². The molecule has 1 aliphatic carbocycles. The number of rotatable bonds is 11. The maximum Gasteiger partial charge on any atom is 0.329 e. The number of hydrazone groups is 1. The highest BCUT2D eigenvalue weighted by Crippen LogP contribution is 2.27. The van der Waals surface area contributed by atoms with E-state index in [0.717, 1.165) is 31.2 Å². The second kappa shape index (κ2) is 14.5. The fourth-order valence-electron chi connectivity index (χ4n) is 3.97. The maximum absolute atomic E-state index is 12.1. The van der Waals surface area contributed by atoms with Gasteiger partial charge in [0.15, 0.2) is 18.1 Å². The lowest BCUT2D eigenvalue weighted by Gasteiger charge is -2.22. The predicted molar refractivity (Wildman–Crippen MR) is 139 cm³/mol. The van der Waals surface area contributed by atoms with Crippen molar-refractivity contribution in [3.05, 3.63) is 53.6 Å². The van der Waals surface area contributed by atoms with Crippen LogP contribution < -0.4 is 30.3 Å². The average Bonchev–Trinajstić information content (AvgIpc) is 2.92. The molecule has 10 heteroatoms. The minimum absolute atomic E-state index is 0.0406. The van der Waals surface area contributed by atoms with Crippen LogP contribution in [-0.2, 0) is 20.8 Å². The van der Waals surface area contributed by atoms with E-state index < -0.39 is 11.8 Å². The van der Waals surface area contributed by atoms with Crippen molar-refractivity contribution in [1.29, 1.82) is 0 Å². The van der Waals surface area contributed by atoms with Gasteiger partial charge in [-0.3, -0.25) is 14.4 Å². The Morgan fingerprint density at radius 2 is 1.68 bits per heavy atom. The van der Waals surface area contributed by atoms with Crippen molar-refractivity contribution in [1.82, 2.24) is 16.1 Å². The van der Waals surface area contributed by atoms with Crippen LogP contribution in [0.1, 0.15) is 43.2 Å². The van der Waals surface area contributed by atoms with E-state index in [-0.39, 0.29) is 25.1 Å². The van der Waals surface area contributed by atoms with Gasteiger partial charge in [-0.15, -0.1) is 0 Å². The van der Waals surface area contributed by atoms with Gasteiger partial charge in [-0.1, -0.05) is 25.3 Å². The van der Waals surface area contributed by atoms with E-state index in [0.29, 0.717) is 29.2 Å². The predicted octanol–water partition coefficient (Wildman–Crippen LogP) is 2.34. The molecule has 0 bridgehead atoms. The zero-order valence-corrected chi connectivity index (χ0v) is 21.2. The SMILES string of the molecule is COc1ccc(CCNC(=O)C(=O)N/N=C\c2ccc(OCC(=O)NC3CCCCC3)cc2)cc1OC. The first-order valence-electron chi connectivity index (χ1n) is 12.3. The largest absolute Gasteiger partial charge is 0.493 e. The second-order valence-electron chi connectivity index (χ2n) is 8.65. The number of amides is 3. The summed E-state index contributed by atoms with van der Waals surface area (Å²) in [5.74, 6) is -0.0124. The third kappa shape index (κ3) is 9.14. The van der Waals surface area contributed by atoms with Crippen LogP contribution in [0.5, 0.6) is 17.2 Å². The van der Waals surface area contributed by atoms with Crippen molar-refractivity contribution >= 4 is 23.9 Å². The first-order valence-corrected chi connectivity index (χ1v) is 12.3. The molecule has 3 amide bonds. The minimum atomic E-state index is -0.868. The van der Waals surface area contributed by atoms with Gasteiger partial charge in [0.05, 0.1) is 20.4 Å². The molecule has 2 aromatic rings. The Morgan fingerprint density at radius 1 is 0.946 bits per heavy atom. The van der Waals surface area contributed by atoms with Crippen LogP contribution in [0.25, 0.3) is 0 Å². The summed E-state index contributed by atoms with van der Waals surface area (Å²) >= 11 is 0. The Balaban J connectivity index is 1.35. The first-order chi connectivity index (χ1) is 18.0. The monoisotopic (exact) mass is 510 g/mol. The molecule has 10 nitrogen and oxygen atoms in total. The molecule has 2 aromatic carbocycles. The highest BCUT2D eigenvalue weighted by molar-refractivity contribution is 6.35. The van der Waals surface area contributed by atoms with Gasteiger partial charge in [0.25, 0.3) is 5.91 Å². The number of carbonyl (C=O) groups excluding carboxylic acids is 3. The number of nitrogens with zero attached hydrogens (tertiary/aromatic N) is 1. The van der Waals surface area contributed by atoms with Gasteiger partial charge in [-0.2, -0.15) is 5.10 Å². The first kappa shape index (κ1) is 27.5. The lowest BCUT2D eigenvalue weighted by Crippen LogP contribution is -2.38. The molecule has 37 heavy (non-hydrogen) atoms. The Bertz CT molecular complexity index is 1080. The Labute approximate surface area is 216 Å². The molecule has 0 aromatic heterocycles. The summed E-state index contributed by atoms with van der Waals surface area (Å²) in [5.41, 5.74) is 3.82. The van der Waals surface area contributed by atoms with Gasteiger partial charge < -0.3 is 24.8 Å². The summed E-state index contributed by atoms with van der Waals surface area (Å²) in [4.78, 5) is 36.0. The van der Waals surface area contributed by atoms with E-state index in [2.05, 4.69) is 21.2 Å². The van der Waals surface area contributed by atoms with E-state index in [4.69, 9.17) is 14.2 Å². The van der Waals surface area contributed by atoms with Crippen LogP contribution in [0, 0.1) is 0 Å². The van der Waals surface area contributed by atoms with Crippen molar-refractivity contribution in [2.75, 3.05) is 27.4 Å². The Morgan fingerprint density at radius 3 is 2.38 bits per heavy atom. The molecule has 1 saturated carbocycles. The molecule has 0 radical (unpaired) electrons. The van der Waals surface area contributed by atoms with Crippen molar-refractivity contribution < 1.29 is 28.6 Å².